The first-order valence-electron chi connectivity index (χ1n) is 7.04. The lowest BCUT2D eigenvalue weighted by molar-refractivity contribution is 0.0543. The number of carbonyl (C=O) groups is 1. The van der Waals surface area contributed by atoms with Crippen LogP contribution in [0.5, 0.6) is 0 Å². The minimum atomic E-state index is -0.0243. The summed E-state index contributed by atoms with van der Waals surface area (Å²) in [6, 6.07) is 9.54. The molecule has 1 saturated heterocycles. The van der Waals surface area contributed by atoms with Crippen molar-refractivity contribution < 1.29 is 9.53 Å². The molecule has 2 aliphatic rings. The Morgan fingerprint density at radius 3 is 2.79 bits per heavy atom. The molecule has 0 radical (unpaired) electrons. The Morgan fingerprint density at radius 1 is 1.26 bits per heavy atom. The highest BCUT2D eigenvalue weighted by Gasteiger charge is 2.29. The second-order valence-electron chi connectivity index (χ2n) is 5.43. The van der Waals surface area contributed by atoms with E-state index in [2.05, 4.69) is 5.32 Å². The quantitative estimate of drug-likeness (QED) is 0.904. The standard InChI is InChI=1S/C15H20N2O2/c18-15(16-13-4-2-1-3-5-13)17-9-8-14(10-17)19-11-12-6-7-12/h1-5,12,14H,6-11H2,(H,16,18). The Balaban J connectivity index is 1.45. The molecule has 19 heavy (non-hydrogen) atoms. The van der Waals surface area contributed by atoms with E-state index in [1.807, 2.05) is 35.2 Å². The van der Waals surface area contributed by atoms with Crippen molar-refractivity contribution in [3.63, 3.8) is 0 Å². The van der Waals surface area contributed by atoms with Crippen molar-refractivity contribution in [2.75, 3.05) is 25.0 Å². The molecule has 1 saturated carbocycles. The molecule has 3 rings (SSSR count). The average Bonchev–Trinajstić information content (AvgIpc) is 3.14. The van der Waals surface area contributed by atoms with Crippen LogP contribution in [0.1, 0.15) is 19.3 Å². The molecule has 1 aliphatic heterocycles. The Kier molecular flexibility index (Phi) is 3.69. The molecule has 1 heterocycles. The number of ether oxygens (including phenoxy) is 1. The first-order valence-corrected chi connectivity index (χ1v) is 7.04. The van der Waals surface area contributed by atoms with Gasteiger partial charge in [-0.2, -0.15) is 0 Å². The Morgan fingerprint density at radius 2 is 2.05 bits per heavy atom. The molecule has 1 aliphatic carbocycles. The maximum absolute atomic E-state index is 12.1. The van der Waals surface area contributed by atoms with Gasteiger partial charge in [-0.15, -0.1) is 0 Å². The lowest BCUT2D eigenvalue weighted by Crippen LogP contribution is -2.34. The molecule has 1 unspecified atom stereocenters. The van der Waals surface area contributed by atoms with Crippen molar-refractivity contribution in [1.82, 2.24) is 4.90 Å². The fourth-order valence-electron chi connectivity index (χ4n) is 2.33. The van der Waals surface area contributed by atoms with E-state index in [-0.39, 0.29) is 12.1 Å². The first kappa shape index (κ1) is 12.5. The van der Waals surface area contributed by atoms with E-state index in [0.717, 1.165) is 31.2 Å². The molecule has 0 bridgehead atoms. The molecule has 4 heteroatoms. The summed E-state index contributed by atoms with van der Waals surface area (Å²) in [4.78, 5) is 13.9. The zero-order valence-corrected chi connectivity index (χ0v) is 11.0. The smallest absolute Gasteiger partial charge is 0.321 e. The molecule has 1 aromatic rings. The van der Waals surface area contributed by atoms with E-state index in [4.69, 9.17) is 4.74 Å². The number of benzene rings is 1. The van der Waals surface area contributed by atoms with Crippen LogP contribution in [-0.4, -0.2) is 36.7 Å². The van der Waals surface area contributed by atoms with Crippen molar-refractivity contribution >= 4 is 11.7 Å². The third-order valence-corrected chi connectivity index (χ3v) is 3.72. The van der Waals surface area contributed by atoms with Crippen LogP contribution in [-0.2, 0) is 4.74 Å². The second kappa shape index (κ2) is 5.61. The topological polar surface area (TPSA) is 41.6 Å². The number of hydrogen-bond acceptors (Lipinski definition) is 2. The lowest BCUT2D eigenvalue weighted by atomic mass is 10.3. The Hall–Kier alpha value is -1.55. The van der Waals surface area contributed by atoms with Crippen molar-refractivity contribution in [2.45, 2.75) is 25.4 Å². The van der Waals surface area contributed by atoms with E-state index in [1.54, 1.807) is 0 Å². The molecule has 0 aromatic heterocycles. The minimum Gasteiger partial charge on any atom is -0.376 e. The van der Waals surface area contributed by atoms with Crippen LogP contribution in [0.15, 0.2) is 30.3 Å². The van der Waals surface area contributed by atoms with Gasteiger partial charge in [0, 0.05) is 25.4 Å². The number of urea groups is 1. The van der Waals surface area contributed by atoms with Gasteiger partial charge < -0.3 is 15.0 Å². The van der Waals surface area contributed by atoms with Gasteiger partial charge in [0.1, 0.15) is 0 Å². The summed E-state index contributed by atoms with van der Waals surface area (Å²) < 4.78 is 5.84. The van der Waals surface area contributed by atoms with Gasteiger partial charge in [0.25, 0.3) is 0 Å². The molecule has 102 valence electrons. The monoisotopic (exact) mass is 260 g/mol. The highest BCUT2D eigenvalue weighted by molar-refractivity contribution is 5.89. The predicted octanol–water partition coefficient (Wildman–Crippen LogP) is 2.72. The summed E-state index contributed by atoms with van der Waals surface area (Å²) in [5, 5.41) is 2.91. The normalized spacial score (nSPS) is 22.5. The summed E-state index contributed by atoms with van der Waals surface area (Å²) in [5.74, 6) is 0.784. The average molecular weight is 260 g/mol. The van der Waals surface area contributed by atoms with E-state index in [1.165, 1.54) is 12.8 Å². The number of amides is 2. The van der Waals surface area contributed by atoms with Crippen LogP contribution in [0.25, 0.3) is 0 Å². The van der Waals surface area contributed by atoms with E-state index < -0.39 is 0 Å². The van der Waals surface area contributed by atoms with Gasteiger partial charge in [-0.25, -0.2) is 4.79 Å². The van der Waals surface area contributed by atoms with Gasteiger partial charge in [0.2, 0.25) is 0 Å². The van der Waals surface area contributed by atoms with Gasteiger partial charge in [0.05, 0.1) is 6.10 Å². The van der Waals surface area contributed by atoms with Crippen molar-refractivity contribution in [2.24, 2.45) is 5.92 Å². The van der Waals surface area contributed by atoms with E-state index in [0.29, 0.717) is 6.54 Å². The van der Waals surface area contributed by atoms with Gasteiger partial charge in [-0.3, -0.25) is 0 Å². The fraction of sp³-hybridized carbons (Fsp3) is 0.533. The van der Waals surface area contributed by atoms with Crippen LogP contribution in [0, 0.1) is 5.92 Å². The van der Waals surface area contributed by atoms with Crippen molar-refractivity contribution in [1.29, 1.82) is 0 Å². The van der Waals surface area contributed by atoms with Gasteiger partial charge >= 0.3 is 6.03 Å². The highest BCUT2D eigenvalue weighted by atomic mass is 16.5. The van der Waals surface area contributed by atoms with Crippen molar-refractivity contribution in [3.8, 4) is 0 Å². The highest BCUT2D eigenvalue weighted by Crippen LogP contribution is 2.30. The number of rotatable bonds is 4. The summed E-state index contributed by atoms with van der Waals surface area (Å²) in [6.45, 7) is 2.37. The molecule has 2 amide bonds. The van der Waals surface area contributed by atoms with Gasteiger partial charge in [-0.1, -0.05) is 18.2 Å². The first-order chi connectivity index (χ1) is 9.31. The molecule has 2 fully saturated rings. The van der Waals surface area contributed by atoms with E-state index >= 15 is 0 Å². The molecule has 0 spiro atoms. The minimum absolute atomic E-state index is 0.0243. The molecule has 1 aromatic carbocycles. The van der Waals surface area contributed by atoms with Gasteiger partial charge in [-0.05, 0) is 37.3 Å². The third-order valence-electron chi connectivity index (χ3n) is 3.72. The largest absolute Gasteiger partial charge is 0.376 e. The number of nitrogens with one attached hydrogen (secondary N) is 1. The number of nitrogens with zero attached hydrogens (tertiary/aromatic N) is 1. The number of hydrogen-bond donors (Lipinski definition) is 1. The zero-order valence-electron chi connectivity index (χ0n) is 11.0. The fourth-order valence-corrected chi connectivity index (χ4v) is 2.33. The van der Waals surface area contributed by atoms with E-state index in [9.17, 15) is 4.79 Å². The van der Waals surface area contributed by atoms with Gasteiger partial charge in [0.15, 0.2) is 0 Å². The van der Waals surface area contributed by atoms with Crippen LogP contribution in [0.2, 0.25) is 0 Å². The molecule has 1 atom stereocenters. The maximum atomic E-state index is 12.1. The number of likely N-dealkylation sites (tertiary alicyclic amines) is 1. The lowest BCUT2D eigenvalue weighted by Gasteiger charge is -2.17. The van der Waals surface area contributed by atoms with Crippen LogP contribution >= 0.6 is 0 Å². The predicted molar refractivity (Wildman–Crippen MR) is 74.1 cm³/mol. The molecular formula is C15H20N2O2. The Labute approximate surface area is 113 Å². The van der Waals surface area contributed by atoms with Crippen LogP contribution in [0.3, 0.4) is 0 Å². The Bertz CT molecular complexity index is 431. The third kappa shape index (κ3) is 3.47. The number of anilines is 1. The number of para-hydroxylation sites is 1. The number of carbonyl (C=O) groups excluding carboxylic acids is 1. The van der Waals surface area contributed by atoms with Crippen LogP contribution < -0.4 is 5.32 Å². The molecule has 1 N–H and O–H groups in total. The SMILES string of the molecule is O=C(Nc1ccccc1)N1CCC(OCC2CC2)C1. The second-order valence-corrected chi connectivity index (χ2v) is 5.43. The van der Waals surface area contributed by atoms with Crippen LogP contribution in [0.4, 0.5) is 10.5 Å². The zero-order chi connectivity index (χ0) is 13.1. The molecule has 4 nitrogen and oxygen atoms in total. The maximum Gasteiger partial charge on any atom is 0.321 e. The summed E-state index contributed by atoms with van der Waals surface area (Å²) in [6.07, 6.45) is 3.80. The summed E-state index contributed by atoms with van der Waals surface area (Å²) >= 11 is 0. The van der Waals surface area contributed by atoms with Crippen molar-refractivity contribution in [3.05, 3.63) is 30.3 Å². The summed E-state index contributed by atoms with van der Waals surface area (Å²) in [7, 11) is 0. The molecular weight excluding hydrogens is 240 g/mol. The summed E-state index contributed by atoms with van der Waals surface area (Å²) in [5.41, 5.74) is 0.842.